The van der Waals surface area contributed by atoms with Crippen molar-refractivity contribution in [3.05, 3.63) is 29.8 Å². The molecule has 0 heterocycles. The second-order valence-corrected chi connectivity index (χ2v) is 5.52. The number of carbonyl (C=O) groups is 3. The van der Waals surface area contributed by atoms with E-state index in [1.165, 1.54) is 6.92 Å². The molecule has 8 heteroatoms. The average Bonchev–Trinajstić information content (AvgIpc) is 2.52. The molecule has 0 bridgehead atoms. The zero-order chi connectivity index (χ0) is 18.3. The van der Waals surface area contributed by atoms with Crippen LogP contribution >= 0.6 is 0 Å². The van der Waals surface area contributed by atoms with Crippen LogP contribution in [0.25, 0.3) is 0 Å². The molecule has 3 atom stereocenters. The van der Waals surface area contributed by atoms with Crippen LogP contribution < -0.4 is 15.8 Å². The molecule has 0 saturated heterocycles. The Morgan fingerprint density at radius 1 is 1.21 bits per heavy atom. The number of amides is 2. The number of aliphatic hydroxyl groups excluding tert-OH is 1. The second-order valence-electron chi connectivity index (χ2n) is 5.52. The zero-order valence-electron chi connectivity index (χ0n) is 13.6. The van der Waals surface area contributed by atoms with Gasteiger partial charge in [-0.15, -0.1) is 0 Å². The number of carboxylic acids is 1. The Morgan fingerprint density at radius 3 is 2.25 bits per heavy atom. The number of nitrogens with two attached hydrogens (primary N) is 1. The Morgan fingerprint density at radius 2 is 1.79 bits per heavy atom. The van der Waals surface area contributed by atoms with Gasteiger partial charge >= 0.3 is 5.97 Å². The van der Waals surface area contributed by atoms with Gasteiger partial charge in [0.25, 0.3) is 0 Å². The van der Waals surface area contributed by atoms with E-state index in [1.807, 2.05) is 0 Å². The fourth-order valence-corrected chi connectivity index (χ4v) is 1.85. The van der Waals surface area contributed by atoms with Gasteiger partial charge in [-0.2, -0.15) is 0 Å². The lowest BCUT2D eigenvalue weighted by atomic mass is 10.0. The van der Waals surface area contributed by atoms with E-state index < -0.39 is 42.5 Å². The predicted molar refractivity (Wildman–Crippen MR) is 85.2 cm³/mol. The van der Waals surface area contributed by atoms with Gasteiger partial charge in [-0.25, -0.2) is 4.79 Å². The van der Waals surface area contributed by atoms with Gasteiger partial charge in [0.1, 0.15) is 11.8 Å². The summed E-state index contributed by atoms with van der Waals surface area (Å²) in [7, 11) is 0. The maximum absolute atomic E-state index is 11.9. The summed E-state index contributed by atoms with van der Waals surface area (Å²) in [4.78, 5) is 33.9. The highest BCUT2D eigenvalue weighted by molar-refractivity contribution is 5.87. The molecule has 1 rings (SSSR count). The molecule has 24 heavy (non-hydrogen) atoms. The summed E-state index contributed by atoms with van der Waals surface area (Å²) in [5, 5.41) is 20.5. The van der Waals surface area contributed by atoms with Crippen LogP contribution in [0.3, 0.4) is 0 Å². The second kappa shape index (κ2) is 8.88. The summed E-state index contributed by atoms with van der Waals surface area (Å²) in [5.74, 6) is -2.52. The maximum Gasteiger partial charge on any atom is 0.341 e. The minimum absolute atomic E-state index is 0.173. The standard InChI is InChI=1S/C16H22N2O6/c1-9(10(2)19)16(23)18-13(15(17)22)7-11-3-5-12(6-4-11)24-8-14(20)21/h3-6,9-10,13,19H,7-8H2,1-2H3,(H2,17,22)(H,18,23)(H,20,21)/t9-,10+,13-/m0/s1. The van der Waals surface area contributed by atoms with Gasteiger partial charge in [0.2, 0.25) is 11.8 Å². The van der Waals surface area contributed by atoms with Gasteiger partial charge in [0.15, 0.2) is 6.61 Å². The van der Waals surface area contributed by atoms with Crippen LogP contribution in [0, 0.1) is 5.92 Å². The van der Waals surface area contributed by atoms with Gasteiger partial charge in [-0.3, -0.25) is 9.59 Å². The zero-order valence-corrected chi connectivity index (χ0v) is 13.6. The summed E-state index contributed by atoms with van der Waals surface area (Å²) in [5.41, 5.74) is 6.03. The molecule has 1 aromatic rings. The Bertz CT molecular complexity index is 585. The minimum Gasteiger partial charge on any atom is -0.482 e. The number of aliphatic hydroxyl groups is 1. The van der Waals surface area contributed by atoms with Crippen molar-refractivity contribution in [2.45, 2.75) is 32.4 Å². The van der Waals surface area contributed by atoms with Gasteiger partial charge in [-0.1, -0.05) is 19.1 Å². The Kier molecular flexibility index (Phi) is 7.19. The third-order valence-corrected chi connectivity index (χ3v) is 3.52. The van der Waals surface area contributed by atoms with Crippen molar-refractivity contribution in [2.24, 2.45) is 11.7 Å². The highest BCUT2D eigenvalue weighted by Gasteiger charge is 2.24. The number of hydrogen-bond acceptors (Lipinski definition) is 5. The molecular weight excluding hydrogens is 316 g/mol. The third kappa shape index (κ3) is 6.25. The molecular formula is C16H22N2O6. The molecule has 0 saturated carbocycles. The van der Waals surface area contributed by atoms with Crippen molar-refractivity contribution in [1.82, 2.24) is 5.32 Å². The van der Waals surface area contributed by atoms with Crippen LogP contribution in [0.4, 0.5) is 0 Å². The Hall–Kier alpha value is -2.61. The fraction of sp³-hybridized carbons (Fsp3) is 0.438. The molecule has 0 fully saturated rings. The number of ether oxygens (including phenoxy) is 1. The monoisotopic (exact) mass is 338 g/mol. The number of benzene rings is 1. The van der Waals surface area contributed by atoms with E-state index in [0.29, 0.717) is 11.3 Å². The molecule has 0 aromatic heterocycles. The van der Waals surface area contributed by atoms with Gasteiger partial charge in [0.05, 0.1) is 12.0 Å². The van der Waals surface area contributed by atoms with Gasteiger partial charge < -0.3 is 26.0 Å². The highest BCUT2D eigenvalue weighted by Crippen LogP contribution is 2.14. The molecule has 8 nitrogen and oxygen atoms in total. The number of hydrogen-bond donors (Lipinski definition) is 4. The SMILES string of the molecule is C[C@H](C(=O)N[C@@H](Cc1ccc(OCC(=O)O)cc1)C(N)=O)[C@@H](C)O. The number of nitrogens with one attached hydrogen (secondary N) is 1. The average molecular weight is 338 g/mol. The van der Waals surface area contributed by atoms with E-state index in [0.717, 1.165) is 0 Å². The van der Waals surface area contributed by atoms with Crippen LogP contribution in [0.15, 0.2) is 24.3 Å². The maximum atomic E-state index is 11.9. The Balaban J connectivity index is 2.70. The molecule has 5 N–H and O–H groups in total. The first kappa shape index (κ1) is 19.4. The summed E-state index contributed by atoms with van der Waals surface area (Å²) in [6, 6.07) is 5.52. The van der Waals surface area contributed by atoms with Crippen molar-refractivity contribution >= 4 is 17.8 Å². The van der Waals surface area contributed by atoms with Crippen molar-refractivity contribution in [3.63, 3.8) is 0 Å². The molecule has 0 spiro atoms. The first-order valence-electron chi connectivity index (χ1n) is 7.42. The smallest absolute Gasteiger partial charge is 0.341 e. The summed E-state index contributed by atoms with van der Waals surface area (Å²) < 4.78 is 5.01. The van der Waals surface area contributed by atoms with Crippen molar-refractivity contribution in [3.8, 4) is 5.75 Å². The lowest BCUT2D eigenvalue weighted by Crippen LogP contribution is -2.48. The number of aliphatic carboxylic acids is 1. The fourth-order valence-electron chi connectivity index (χ4n) is 1.85. The molecule has 1 aromatic carbocycles. The molecule has 0 aliphatic heterocycles. The Labute approximate surface area is 139 Å². The molecule has 0 radical (unpaired) electrons. The summed E-state index contributed by atoms with van der Waals surface area (Å²) in [6.45, 7) is 2.59. The molecule has 132 valence electrons. The largest absolute Gasteiger partial charge is 0.482 e. The lowest BCUT2D eigenvalue weighted by Gasteiger charge is -2.20. The summed E-state index contributed by atoms with van der Waals surface area (Å²) >= 11 is 0. The van der Waals surface area contributed by atoms with Crippen molar-refractivity contribution in [1.29, 1.82) is 0 Å². The quantitative estimate of drug-likeness (QED) is 0.487. The van der Waals surface area contributed by atoms with Crippen LogP contribution in [-0.4, -0.2) is 46.7 Å². The third-order valence-electron chi connectivity index (χ3n) is 3.52. The van der Waals surface area contributed by atoms with Crippen LogP contribution in [0.2, 0.25) is 0 Å². The van der Waals surface area contributed by atoms with Gasteiger partial charge in [0, 0.05) is 6.42 Å². The van der Waals surface area contributed by atoms with E-state index >= 15 is 0 Å². The summed E-state index contributed by atoms with van der Waals surface area (Å²) in [6.07, 6.45) is -0.670. The molecule has 0 aliphatic carbocycles. The van der Waals surface area contributed by atoms with Crippen LogP contribution in [0.5, 0.6) is 5.75 Å². The van der Waals surface area contributed by atoms with E-state index in [4.69, 9.17) is 15.6 Å². The van der Waals surface area contributed by atoms with E-state index in [9.17, 15) is 19.5 Å². The van der Waals surface area contributed by atoms with E-state index in [1.54, 1.807) is 31.2 Å². The number of carboxylic acid groups (broad SMARTS) is 1. The topological polar surface area (TPSA) is 139 Å². The highest BCUT2D eigenvalue weighted by atomic mass is 16.5. The van der Waals surface area contributed by atoms with Crippen molar-refractivity contribution < 1.29 is 29.3 Å². The van der Waals surface area contributed by atoms with Crippen molar-refractivity contribution in [2.75, 3.05) is 6.61 Å². The minimum atomic E-state index is -1.08. The number of rotatable bonds is 9. The number of carbonyl (C=O) groups excluding carboxylic acids is 2. The van der Waals surface area contributed by atoms with Gasteiger partial charge in [-0.05, 0) is 24.6 Å². The lowest BCUT2D eigenvalue weighted by molar-refractivity contribution is -0.139. The van der Waals surface area contributed by atoms with Crippen LogP contribution in [0.1, 0.15) is 19.4 Å². The predicted octanol–water partition coefficient (Wildman–Crippen LogP) is -0.320. The van der Waals surface area contributed by atoms with E-state index in [-0.39, 0.29) is 6.42 Å². The normalized spacial score (nSPS) is 14.3. The number of primary amides is 1. The first-order chi connectivity index (χ1) is 11.2. The van der Waals surface area contributed by atoms with E-state index in [2.05, 4.69) is 5.32 Å². The van der Waals surface area contributed by atoms with Crippen LogP contribution in [-0.2, 0) is 20.8 Å². The first-order valence-corrected chi connectivity index (χ1v) is 7.42. The molecule has 2 amide bonds. The molecule has 0 unspecified atom stereocenters. The molecule has 0 aliphatic rings.